The van der Waals surface area contributed by atoms with E-state index in [-0.39, 0.29) is 33.0 Å². The maximum atomic E-state index is 2.70. The third-order valence-electron chi connectivity index (χ3n) is 13.1. The Morgan fingerprint density at radius 2 is 0.894 bits per heavy atom. The van der Waals surface area contributed by atoms with Crippen molar-refractivity contribution in [3.8, 4) is 11.1 Å². The lowest BCUT2D eigenvalue weighted by molar-refractivity contribution is 0.331. The van der Waals surface area contributed by atoms with Crippen LogP contribution in [0.25, 0.3) is 11.1 Å². The minimum atomic E-state index is -0.350. The van der Waals surface area contributed by atoms with Crippen LogP contribution in [-0.2, 0) is 27.1 Å². The SMILES string of the molecule is CC1(C)CCC(C)(C)c2cc3c(cc21)-c1cc2c(cc1C3C(C1=CC=CC1)(c1ccccc1)c1ccccc1)C(C)(C)CCC2(C)C. The van der Waals surface area contributed by atoms with E-state index in [1.165, 1.54) is 64.6 Å². The van der Waals surface area contributed by atoms with E-state index in [9.17, 15) is 0 Å². The molecule has 4 aliphatic carbocycles. The lowest BCUT2D eigenvalue weighted by Gasteiger charge is -2.46. The zero-order chi connectivity index (χ0) is 33.0. The van der Waals surface area contributed by atoms with Gasteiger partial charge in [0.25, 0.3) is 0 Å². The first kappa shape index (κ1) is 30.7. The van der Waals surface area contributed by atoms with Gasteiger partial charge in [0.15, 0.2) is 0 Å². The predicted molar refractivity (Wildman–Crippen MR) is 200 cm³/mol. The maximum Gasteiger partial charge on any atom is 0.0526 e. The van der Waals surface area contributed by atoms with E-state index in [0.29, 0.717) is 0 Å². The number of fused-ring (bicyclic) bond motifs is 5. The first-order valence-electron chi connectivity index (χ1n) is 18.1. The molecule has 47 heavy (non-hydrogen) atoms. The molecule has 4 aromatic carbocycles. The van der Waals surface area contributed by atoms with Crippen molar-refractivity contribution < 1.29 is 0 Å². The van der Waals surface area contributed by atoms with Gasteiger partial charge in [-0.2, -0.15) is 0 Å². The first-order chi connectivity index (χ1) is 22.3. The highest BCUT2D eigenvalue weighted by molar-refractivity contribution is 5.85. The average molecular weight is 617 g/mol. The van der Waals surface area contributed by atoms with E-state index in [4.69, 9.17) is 0 Å². The first-order valence-corrected chi connectivity index (χ1v) is 18.1. The Hall–Kier alpha value is -3.64. The minimum absolute atomic E-state index is 0.138. The molecular formula is C47H52. The molecule has 0 nitrogen and oxygen atoms in total. The predicted octanol–water partition coefficient (Wildman–Crippen LogP) is 12.4. The summed E-state index contributed by atoms with van der Waals surface area (Å²) in [6.45, 7) is 19.9. The lowest BCUT2D eigenvalue weighted by Crippen LogP contribution is -2.38. The number of hydrogen-bond acceptors (Lipinski definition) is 0. The normalized spacial score (nSPS) is 21.4. The minimum Gasteiger partial charge on any atom is -0.0804 e. The van der Waals surface area contributed by atoms with Gasteiger partial charge in [0.05, 0.1) is 5.41 Å². The molecule has 0 saturated carbocycles. The average Bonchev–Trinajstić information content (AvgIpc) is 3.70. The molecule has 0 aromatic heterocycles. The standard InChI is InChI=1S/C47H52/c1-43(2)23-25-45(5,6)40-29-36-34(27-38(40)43)35-28-39-41(46(7,8)26-24-44(39,3)4)30-37(35)42(36)47(33-21-15-16-22-33,31-17-11-9-12-18-31)32-19-13-10-14-20-32/h9-21,27-30,42H,22-26H2,1-8H3. The number of hydrogen-bond donors (Lipinski definition) is 0. The molecule has 0 heteroatoms. The molecule has 0 bridgehead atoms. The highest BCUT2D eigenvalue weighted by Crippen LogP contribution is 2.63. The van der Waals surface area contributed by atoms with E-state index in [2.05, 4.69) is 159 Å². The van der Waals surface area contributed by atoms with Crippen LogP contribution in [0.3, 0.4) is 0 Å². The second-order valence-corrected chi connectivity index (χ2v) is 17.8. The van der Waals surface area contributed by atoms with Crippen LogP contribution in [-0.4, -0.2) is 0 Å². The Labute approximate surface area is 284 Å². The Balaban J connectivity index is 1.55. The van der Waals surface area contributed by atoms with Gasteiger partial charge in [-0.25, -0.2) is 0 Å². The quantitative estimate of drug-likeness (QED) is 0.214. The van der Waals surface area contributed by atoms with Crippen molar-refractivity contribution in [2.45, 2.75) is 120 Å². The largest absolute Gasteiger partial charge is 0.0804 e. The summed E-state index contributed by atoms with van der Waals surface area (Å²) >= 11 is 0. The topological polar surface area (TPSA) is 0 Å². The summed E-state index contributed by atoms with van der Waals surface area (Å²) < 4.78 is 0. The van der Waals surface area contributed by atoms with Gasteiger partial charge in [-0.05, 0) is 109 Å². The van der Waals surface area contributed by atoms with Gasteiger partial charge in [-0.1, -0.05) is 164 Å². The van der Waals surface area contributed by atoms with Gasteiger partial charge >= 0.3 is 0 Å². The number of allylic oxidation sites excluding steroid dienone is 4. The molecule has 0 unspecified atom stereocenters. The van der Waals surface area contributed by atoms with E-state index < -0.39 is 0 Å². The van der Waals surface area contributed by atoms with Gasteiger partial charge in [-0.3, -0.25) is 0 Å². The van der Waals surface area contributed by atoms with Crippen molar-refractivity contribution in [2.75, 3.05) is 0 Å². The highest BCUT2D eigenvalue weighted by Gasteiger charge is 2.52. The second-order valence-electron chi connectivity index (χ2n) is 17.8. The van der Waals surface area contributed by atoms with Crippen molar-refractivity contribution in [2.24, 2.45) is 0 Å². The Morgan fingerprint density at radius 1 is 0.511 bits per heavy atom. The molecule has 0 radical (unpaired) electrons. The van der Waals surface area contributed by atoms with Crippen LogP contribution >= 0.6 is 0 Å². The molecule has 0 N–H and O–H groups in total. The van der Waals surface area contributed by atoms with Crippen molar-refractivity contribution in [3.63, 3.8) is 0 Å². The monoisotopic (exact) mass is 616 g/mol. The molecule has 0 heterocycles. The van der Waals surface area contributed by atoms with Crippen molar-refractivity contribution in [1.29, 1.82) is 0 Å². The van der Waals surface area contributed by atoms with Crippen molar-refractivity contribution >= 4 is 0 Å². The van der Waals surface area contributed by atoms with Crippen LogP contribution in [0.1, 0.15) is 138 Å². The summed E-state index contributed by atoms with van der Waals surface area (Å²) in [7, 11) is 0. The van der Waals surface area contributed by atoms with Crippen LogP contribution in [0.4, 0.5) is 0 Å². The van der Waals surface area contributed by atoms with Crippen LogP contribution in [0.15, 0.2) is 109 Å². The fraction of sp³-hybridized carbons (Fsp3) is 0.404. The molecule has 0 fully saturated rings. The fourth-order valence-corrected chi connectivity index (χ4v) is 10.0. The summed E-state index contributed by atoms with van der Waals surface area (Å²) in [4.78, 5) is 0. The molecule has 4 aliphatic rings. The van der Waals surface area contributed by atoms with Gasteiger partial charge < -0.3 is 0 Å². The zero-order valence-electron chi connectivity index (χ0n) is 29.9. The summed E-state index contributed by atoms with van der Waals surface area (Å²) in [6, 6.07) is 33.7. The summed E-state index contributed by atoms with van der Waals surface area (Å²) in [5.74, 6) is 0.153. The maximum absolute atomic E-state index is 2.70. The van der Waals surface area contributed by atoms with E-state index in [0.717, 1.165) is 6.42 Å². The van der Waals surface area contributed by atoms with Gasteiger partial charge in [0, 0.05) is 5.92 Å². The fourth-order valence-electron chi connectivity index (χ4n) is 10.0. The van der Waals surface area contributed by atoms with Crippen LogP contribution in [0, 0.1) is 0 Å². The lowest BCUT2D eigenvalue weighted by atomic mass is 9.57. The van der Waals surface area contributed by atoms with E-state index in [1.54, 1.807) is 22.3 Å². The molecule has 0 spiro atoms. The third-order valence-corrected chi connectivity index (χ3v) is 13.1. The summed E-state index contributed by atoms with van der Waals surface area (Å²) in [6.07, 6.45) is 13.0. The summed E-state index contributed by atoms with van der Waals surface area (Å²) in [5, 5.41) is 0. The smallest absolute Gasteiger partial charge is 0.0526 e. The Kier molecular flexibility index (Phi) is 6.65. The molecule has 240 valence electrons. The van der Waals surface area contributed by atoms with E-state index >= 15 is 0 Å². The number of rotatable bonds is 4. The molecule has 0 saturated heterocycles. The van der Waals surface area contributed by atoms with Gasteiger partial charge in [-0.15, -0.1) is 0 Å². The molecule has 4 aromatic rings. The molecule has 0 atom stereocenters. The molecule has 0 aliphatic heterocycles. The van der Waals surface area contributed by atoms with Gasteiger partial charge in [0.1, 0.15) is 0 Å². The molecular weight excluding hydrogens is 565 g/mol. The number of benzene rings is 4. The Morgan fingerprint density at radius 3 is 1.26 bits per heavy atom. The second kappa shape index (κ2) is 10.2. The highest BCUT2D eigenvalue weighted by atomic mass is 14.5. The third kappa shape index (κ3) is 4.39. The summed E-state index contributed by atoms with van der Waals surface area (Å²) in [5.41, 5.74) is 16.7. The van der Waals surface area contributed by atoms with Crippen LogP contribution < -0.4 is 0 Å². The van der Waals surface area contributed by atoms with Crippen molar-refractivity contribution in [3.05, 3.63) is 153 Å². The zero-order valence-corrected chi connectivity index (χ0v) is 29.9. The van der Waals surface area contributed by atoms with Gasteiger partial charge in [0.2, 0.25) is 0 Å². The van der Waals surface area contributed by atoms with E-state index in [1.807, 2.05) is 0 Å². The van der Waals surface area contributed by atoms with Crippen LogP contribution in [0.5, 0.6) is 0 Å². The van der Waals surface area contributed by atoms with Crippen molar-refractivity contribution in [1.82, 2.24) is 0 Å². The molecule has 8 rings (SSSR count). The Bertz CT molecular complexity index is 1820. The van der Waals surface area contributed by atoms with Crippen LogP contribution in [0.2, 0.25) is 0 Å². The molecule has 0 amide bonds.